The number of anilines is 1. The predicted molar refractivity (Wildman–Crippen MR) is 166 cm³/mol. The van der Waals surface area contributed by atoms with Gasteiger partial charge in [-0.1, -0.05) is 25.5 Å². The average Bonchev–Trinajstić information content (AvgIpc) is 3.76. The second-order valence-electron chi connectivity index (χ2n) is 12.8. The van der Waals surface area contributed by atoms with E-state index in [9.17, 15) is 19.2 Å². The number of likely N-dealkylation sites (tertiary alicyclic amines) is 1. The van der Waals surface area contributed by atoms with E-state index < -0.39 is 17.2 Å². The molecule has 1 atom stereocenters. The molecule has 1 heterocycles. The minimum absolute atomic E-state index is 0.204. The van der Waals surface area contributed by atoms with Crippen molar-refractivity contribution in [3.05, 3.63) is 29.3 Å². The van der Waals surface area contributed by atoms with Crippen molar-refractivity contribution >= 4 is 30.3 Å². The number of aldehydes is 2. The predicted octanol–water partition coefficient (Wildman–Crippen LogP) is 3.45. The number of nitrogens with one attached hydrogen (secondary N) is 1. The highest BCUT2D eigenvalue weighted by Gasteiger charge is 2.57. The Labute approximate surface area is 256 Å². The van der Waals surface area contributed by atoms with E-state index in [1.807, 2.05) is 18.9 Å². The molecular formula is C32H51N5O6. The number of nitrogens with zero attached hydrogens (tertiary/aromatic N) is 3. The standard InChI is InChI=1S/C32H51N5O6/c1-6-8-26(23-39)35(5)21-27-24(22-38)9-7-10-28(27)34-29(40)32(13-14-32)37(30(41)43-31(2,3)4)18-20-42-19-17-36-15-11-25(33)12-16-36/h7,9-10,22-23,25-26H,6,8,11-21,33H2,1-5H3,(H,34,40). The molecule has 1 unspecified atom stereocenters. The molecule has 1 aromatic carbocycles. The highest BCUT2D eigenvalue weighted by atomic mass is 16.6. The summed E-state index contributed by atoms with van der Waals surface area (Å²) in [5.74, 6) is -0.338. The molecule has 43 heavy (non-hydrogen) atoms. The third kappa shape index (κ3) is 9.82. The number of rotatable bonds is 16. The van der Waals surface area contributed by atoms with Gasteiger partial charge >= 0.3 is 6.09 Å². The molecule has 2 fully saturated rings. The van der Waals surface area contributed by atoms with Crippen LogP contribution in [0.2, 0.25) is 0 Å². The quantitative estimate of drug-likeness (QED) is 0.216. The fraction of sp³-hybridized carbons (Fsp3) is 0.688. The van der Waals surface area contributed by atoms with Crippen LogP contribution in [0, 0.1) is 0 Å². The first kappa shape index (κ1) is 34.6. The van der Waals surface area contributed by atoms with Gasteiger partial charge in [-0.15, -0.1) is 0 Å². The first-order chi connectivity index (χ1) is 20.4. The molecule has 2 amide bonds. The van der Waals surface area contributed by atoms with Gasteiger partial charge in [0.2, 0.25) is 5.91 Å². The van der Waals surface area contributed by atoms with Gasteiger partial charge in [0.05, 0.1) is 19.3 Å². The minimum Gasteiger partial charge on any atom is -0.444 e. The van der Waals surface area contributed by atoms with E-state index in [4.69, 9.17) is 15.2 Å². The summed E-state index contributed by atoms with van der Waals surface area (Å²) in [6.07, 6.45) is 5.56. The maximum Gasteiger partial charge on any atom is 0.411 e. The molecule has 1 saturated heterocycles. The molecule has 1 aliphatic heterocycles. The van der Waals surface area contributed by atoms with Crippen molar-refractivity contribution in [2.75, 3.05) is 51.8 Å². The van der Waals surface area contributed by atoms with E-state index >= 15 is 0 Å². The number of benzene rings is 1. The van der Waals surface area contributed by atoms with E-state index in [1.165, 1.54) is 4.90 Å². The Morgan fingerprint density at radius 2 is 1.88 bits per heavy atom. The molecule has 1 aliphatic carbocycles. The van der Waals surface area contributed by atoms with Crippen molar-refractivity contribution in [2.24, 2.45) is 5.73 Å². The summed E-state index contributed by atoms with van der Waals surface area (Å²) >= 11 is 0. The molecule has 2 aliphatic rings. The molecule has 11 heteroatoms. The second kappa shape index (κ2) is 15.7. The highest BCUT2D eigenvalue weighted by molar-refractivity contribution is 6.03. The number of amides is 2. The van der Waals surface area contributed by atoms with Gasteiger partial charge in [0.1, 0.15) is 23.7 Å². The molecule has 0 bridgehead atoms. The fourth-order valence-corrected chi connectivity index (χ4v) is 5.47. The van der Waals surface area contributed by atoms with E-state index in [-0.39, 0.29) is 31.1 Å². The maximum atomic E-state index is 13.9. The zero-order valence-corrected chi connectivity index (χ0v) is 26.6. The largest absolute Gasteiger partial charge is 0.444 e. The molecular weight excluding hydrogens is 550 g/mol. The summed E-state index contributed by atoms with van der Waals surface area (Å²) in [6.45, 7) is 11.4. The normalized spacial score (nSPS) is 17.7. The Morgan fingerprint density at radius 1 is 1.19 bits per heavy atom. The zero-order chi connectivity index (χ0) is 31.6. The fourth-order valence-electron chi connectivity index (χ4n) is 5.47. The number of carbonyl (C=O) groups excluding carboxylic acids is 4. The van der Waals surface area contributed by atoms with Gasteiger partial charge in [0.25, 0.3) is 0 Å². The molecule has 0 radical (unpaired) electrons. The van der Waals surface area contributed by atoms with Crippen LogP contribution in [0.3, 0.4) is 0 Å². The second-order valence-corrected chi connectivity index (χ2v) is 12.8. The summed E-state index contributed by atoms with van der Waals surface area (Å²) < 4.78 is 11.6. The number of ether oxygens (including phenoxy) is 2. The average molecular weight is 602 g/mol. The van der Waals surface area contributed by atoms with Crippen LogP contribution >= 0.6 is 0 Å². The van der Waals surface area contributed by atoms with E-state index in [0.29, 0.717) is 49.2 Å². The van der Waals surface area contributed by atoms with Gasteiger partial charge in [-0.05, 0) is 79.1 Å². The summed E-state index contributed by atoms with van der Waals surface area (Å²) in [5, 5.41) is 3.01. The zero-order valence-electron chi connectivity index (χ0n) is 26.6. The third-order valence-electron chi connectivity index (χ3n) is 8.22. The van der Waals surface area contributed by atoms with Crippen molar-refractivity contribution in [1.82, 2.24) is 14.7 Å². The molecule has 3 N–H and O–H groups in total. The van der Waals surface area contributed by atoms with Crippen molar-refractivity contribution in [2.45, 2.75) is 96.0 Å². The molecule has 0 spiro atoms. The Kier molecular flexibility index (Phi) is 12.7. The van der Waals surface area contributed by atoms with Gasteiger partial charge in [0, 0.05) is 42.5 Å². The lowest BCUT2D eigenvalue weighted by Crippen LogP contribution is -2.52. The lowest BCUT2D eigenvalue weighted by atomic mass is 10.0. The number of hydrogen-bond acceptors (Lipinski definition) is 9. The summed E-state index contributed by atoms with van der Waals surface area (Å²) in [6, 6.07) is 5.11. The number of hydrogen-bond donors (Lipinski definition) is 2. The Morgan fingerprint density at radius 3 is 2.47 bits per heavy atom. The first-order valence-electron chi connectivity index (χ1n) is 15.5. The summed E-state index contributed by atoms with van der Waals surface area (Å²) in [7, 11) is 1.83. The van der Waals surface area contributed by atoms with Gasteiger partial charge in [-0.3, -0.25) is 19.4 Å². The Hall–Kier alpha value is -2.86. The van der Waals surface area contributed by atoms with Crippen molar-refractivity contribution < 1.29 is 28.7 Å². The van der Waals surface area contributed by atoms with Gasteiger partial charge in [-0.2, -0.15) is 0 Å². The van der Waals surface area contributed by atoms with Crippen LogP contribution in [0.15, 0.2) is 18.2 Å². The van der Waals surface area contributed by atoms with Gasteiger partial charge in [-0.25, -0.2) is 4.79 Å². The molecule has 240 valence electrons. The number of nitrogens with two attached hydrogens (primary N) is 1. The number of likely N-dealkylation sites (N-methyl/N-ethyl adjacent to an activating group) is 1. The van der Waals surface area contributed by atoms with Crippen LogP contribution in [0.5, 0.6) is 0 Å². The lowest BCUT2D eigenvalue weighted by molar-refractivity contribution is -0.123. The minimum atomic E-state index is -1.08. The Bertz CT molecular complexity index is 1090. The first-order valence-corrected chi connectivity index (χ1v) is 15.5. The van der Waals surface area contributed by atoms with Crippen LogP contribution in [-0.4, -0.2) is 109 Å². The third-order valence-corrected chi connectivity index (χ3v) is 8.22. The SMILES string of the molecule is CCCC(C=O)N(C)Cc1c(C=O)cccc1NC(=O)C1(N(CCOCCN2CCC(N)CC2)C(=O)OC(C)(C)C)CC1. The van der Waals surface area contributed by atoms with Crippen LogP contribution in [0.25, 0.3) is 0 Å². The van der Waals surface area contributed by atoms with Crippen molar-refractivity contribution in [1.29, 1.82) is 0 Å². The summed E-state index contributed by atoms with van der Waals surface area (Å²) in [4.78, 5) is 56.6. The molecule has 1 saturated carbocycles. The molecule has 3 rings (SSSR count). The highest BCUT2D eigenvalue weighted by Crippen LogP contribution is 2.44. The van der Waals surface area contributed by atoms with Crippen LogP contribution in [0.4, 0.5) is 10.5 Å². The monoisotopic (exact) mass is 601 g/mol. The van der Waals surface area contributed by atoms with E-state index in [1.54, 1.807) is 39.0 Å². The van der Waals surface area contributed by atoms with Crippen LogP contribution in [0.1, 0.15) is 82.1 Å². The van der Waals surface area contributed by atoms with Crippen LogP contribution in [-0.2, 0) is 25.6 Å². The summed E-state index contributed by atoms with van der Waals surface area (Å²) in [5.41, 5.74) is 5.72. The van der Waals surface area contributed by atoms with Crippen molar-refractivity contribution in [3.63, 3.8) is 0 Å². The molecule has 1 aromatic rings. The van der Waals surface area contributed by atoms with Gasteiger partial charge < -0.3 is 30.2 Å². The lowest BCUT2D eigenvalue weighted by Gasteiger charge is -2.33. The van der Waals surface area contributed by atoms with E-state index in [0.717, 1.165) is 51.5 Å². The van der Waals surface area contributed by atoms with E-state index in [2.05, 4.69) is 10.2 Å². The maximum absolute atomic E-state index is 13.9. The molecule has 11 nitrogen and oxygen atoms in total. The topological polar surface area (TPSA) is 135 Å². The smallest absolute Gasteiger partial charge is 0.411 e. The Balaban J connectivity index is 1.73. The number of piperidine rings is 1. The van der Waals surface area contributed by atoms with Crippen LogP contribution < -0.4 is 11.1 Å². The van der Waals surface area contributed by atoms with Crippen molar-refractivity contribution in [3.8, 4) is 0 Å². The van der Waals surface area contributed by atoms with Gasteiger partial charge in [0.15, 0.2) is 0 Å². The molecule has 0 aromatic heterocycles. The number of carbonyl (C=O) groups is 4.